The van der Waals surface area contributed by atoms with Crippen LogP contribution in [0.5, 0.6) is 0 Å². The Balaban J connectivity index is 2.78. The predicted octanol–water partition coefficient (Wildman–Crippen LogP) is 4.42. The van der Waals surface area contributed by atoms with E-state index in [0.717, 1.165) is 6.42 Å². The Hall–Kier alpha value is -2.07. The number of rotatable bonds is 4. The van der Waals surface area contributed by atoms with E-state index in [4.69, 9.17) is 5.26 Å². The maximum Gasteiger partial charge on any atom is 0.0988 e. The average molecular weight is 223 g/mol. The molecule has 0 aromatic heterocycles. The maximum atomic E-state index is 8.73. The van der Waals surface area contributed by atoms with Crippen molar-refractivity contribution in [2.24, 2.45) is 0 Å². The highest BCUT2D eigenvalue weighted by Gasteiger charge is 1.94. The fourth-order valence-electron chi connectivity index (χ4n) is 1.55. The van der Waals surface area contributed by atoms with Gasteiger partial charge in [0, 0.05) is 5.57 Å². The number of nitrogens with zero attached hydrogens (tertiary/aromatic N) is 1. The van der Waals surface area contributed by atoms with Crippen LogP contribution in [0.15, 0.2) is 54.6 Å². The molecule has 1 aromatic carbocycles. The first-order valence-electron chi connectivity index (χ1n) is 5.64. The zero-order chi connectivity index (χ0) is 12.7. The molecule has 17 heavy (non-hydrogen) atoms. The van der Waals surface area contributed by atoms with Gasteiger partial charge in [0.1, 0.15) is 0 Å². The van der Waals surface area contributed by atoms with E-state index in [1.54, 1.807) is 6.08 Å². The van der Waals surface area contributed by atoms with Crippen LogP contribution in [-0.4, -0.2) is 0 Å². The summed E-state index contributed by atoms with van der Waals surface area (Å²) < 4.78 is 0. The fourth-order valence-corrected chi connectivity index (χ4v) is 1.55. The number of nitriles is 1. The van der Waals surface area contributed by atoms with Crippen LogP contribution in [0.3, 0.4) is 0 Å². The van der Waals surface area contributed by atoms with Gasteiger partial charge in [0.05, 0.1) is 6.07 Å². The Labute approximate surface area is 103 Å². The van der Waals surface area contributed by atoms with E-state index < -0.39 is 0 Å². The van der Waals surface area contributed by atoms with E-state index >= 15 is 0 Å². The number of benzene rings is 1. The van der Waals surface area contributed by atoms with Gasteiger partial charge in [0.25, 0.3) is 0 Å². The summed E-state index contributed by atoms with van der Waals surface area (Å²) in [5.41, 5.74) is 4.34. The summed E-state index contributed by atoms with van der Waals surface area (Å²) in [6.45, 7) is 7.76. The molecular formula is C16H17N. The topological polar surface area (TPSA) is 23.8 Å². The fraction of sp³-hybridized carbons (Fsp3) is 0.188. The summed E-state index contributed by atoms with van der Waals surface area (Å²) in [6.07, 6.45) is 6.34. The molecule has 0 atom stereocenters. The highest BCUT2D eigenvalue weighted by atomic mass is 14.2. The SMILES string of the molecule is C=C/C(C#N)=C\CC=C(C)c1cccc(C)c1. The van der Waals surface area contributed by atoms with Crippen molar-refractivity contribution in [3.05, 3.63) is 65.8 Å². The van der Waals surface area contributed by atoms with Crippen molar-refractivity contribution in [3.8, 4) is 6.07 Å². The summed E-state index contributed by atoms with van der Waals surface area (Å²) in [5.74, 6) is 0. The van der Waals surface area contributed by atoms with Crippen LogP contribution in [-0.2, 0) is 0 Å². The third-order valence-corrected chi connectivity index (χ3v) is 2.58. The van der Waals surface area contributed by atoms with E-state index in [9.17, 15) is 0 Å². The summed E-state index contributed by atoms with van der Waals surface area (Å²) >= 11 is 0. The summed E-state index contributed by atoms with van der Waals surface area (Å²) in [4.78, 5) is 0. The third-order valence-electron chi connectivity index (χ3n) is 2.58. The Kier molecular flexibility index (Phi) is 4.97. The van der Waals surface area contributed by atoms with E-state index in [0.29, 0.717) is 5.57 Å². The van der Waals surface area contributed by atoms with Crippen LogP contribution in [0.1, 0.15) is 24.5 Å². The van der Waals surface area contributed by atoms with Gasteiger partial charge in [-0.1, -0.05) is 54.6 Å². The number of aryl methyl sites for hydroxylation is 1. The molecule has 1 heteroatoms. The first-order valence-corrected chi connectivity index (χ1v) is 5.64. The zero-order valence-electron chi connectivity index (χ0n) is 10.4. The molecule has 0 heterocycles. The molecule has 0 aliphatic heterocycles. The molecule has 0 fully saturated rings. The van der Waals surface area contributed by atoms with Crippen LogP contribution in [0.25, 0.3) is 5.57 Å². The van der Waals surface area contributed by atoms with Crippen molar-refractivity contribution in [2.75, 3.05) is 0 Å². The van der Waals surface area contributed by atoms with Gasteiger partial charge in [-0.15, -0.1) is 0 Å². The Morgan fingerprint density at radius 3 is 2.76 bits per heavy atom. The van der Waals surface area contributed by atoms with E-state index in [1.165, 1.54) is 16.7 Å². The molecule has 0 unspecified atom stereocenters. The number of hydrogen-bond acceptors (Lipinski definition) is 1. The second-order valence-electron chi connectivity index (χ2n) is 3.97. The van der Waals surface area contributed by atoms with Gasteiger partial charge < -0.3 is 0 Å². The molecule has 0 N–H and O–H groups in total. The van der Waals surface area contributed by atoms with E-state index in [2.05, 4.69) is 56.8 Å². The molecule has 86 valence electrons. The lowest BCUT2D eigenvalue weighted by molar-refractivity contribution is 1.34. The molecule has 0 saturated carbocycles. The lowest BCUT2D eigenvalue weighted by Gasteiger charge is -2.02. The lowest BCUT2D eigenvalue weighted by Crippen LogP contribution is -1.81. The van der Waals surface area contributed by atoms with Crippen molar-refractivity contribution in [1.82, 2.24) is 0 Å². The van der Waals surface area contributed by atoms with Crippen molar-refractivity contribution in [3.63, 3.8) is 0 Å². The molecule has 1 aromatic rings. The predicted molar refractivity (Wildman–Crippen MR) is 73.3 cm³/mol. The van der Waals surface area contributed by atoms with E-state index in [-0.39, 0.29) is 0 Å². The Bertz CT molecular complexity index is 499. The standard InChI is InChI=1S/C16H17N/c1-4-15(12-17)9-6-8-14(3)16-10-5-7-13(2)11-16/h4-5,7-11H,1,6H2,2-3H3/b14-8?,15-9+. The molecule has 0 radical (unpaired) electrons. The van der Waals surface area contributed by atoms with Crippen LogP contribution in [0.4, 0.5) is 0 Å². The smallest absolute Gasteiger partial charge is 0.0988 e. The molecule has 0 spiro atoms. The summed E-state index contributed by atoms with van der Waals surface area (Å²) in [5, 5.41) is 8.73. The van der Waals surface area contributed by atoms with Gasteiger partial charge in [-0.05, 0) is 31.4 Å². The largest absolute Gasteiger partial charge is 0.192 e. The molecule has 0 saturated heterocycles. The highest BCUT2D eigenvalue weighted by Crippen LogP contribution is 2.16. The van der Waals surface area contributed by atoms with Crippen molar-refractivity contribution in [1.29, 1.82) is 5.26 Å². The van der Waals surface area contributed by atoms with Gasteiger partial charge in [0.15, 0.2) is 0 Å². The number of allylic oxidation sites excluding steroid dienone is 5. The van der Waals surface area contributed by atoms with E-state index in [1.807, 2.05) is 6.08 Å². The maximum absolute atomic E-state index is 8.73. The summed E-state index contributed by atoms with van der Waals surface area (Å²) in [6, 6.07) is 10.5. The van der Waals surface area contributed by atoms with Gasteiger partial charge in [-0.25, -0.2) is 0 Å². The van der Waals surface area contributed by atoms with Gasteiger partial charge in [-0.2, -0.15) is 5.26 Å². The first kappa shape index (κ1) is 13.0. The number of hydrogen-bond donors (Lipinski definition) is 0. The van der Waals surface area contributed by atoms with Crippen molar-refractivity contribution in [2.45, 2.75) is 20.3 Å². The van der Waals surface area contributed by atoms with Gasteiger partial charge in [0.2, 0.25) is 0 Å². The first-order chi connectivity index (χ1) is 8.17. The second-order valence-corrected chi connectivity index (χ2v) is 3.97. The summed E-state index contributed by atoms with van der Waals surface area (Å²) in [7, 11) is 0. The third kappa shape index (κ3) is 4.12. The lowest BCUT2D eigenvalue weighted by atomic mass is 10.0. The minimum Gasteiger partial charge on any atom is -0.192 e. The Morgan fingerprint density at radius 2 is 2.18 bits per heavy atom. The molecule has 0 aliphatic carbocycles. The van der Waals surface area contributed by atoms with Crippen molar-refractivity contribution >= 4 is 5.57 Å². The molecule has 1 rings (SSSR count). The average Bonchev–Trinajstić information content (AvgIpc) is 2.34. The van der Waals surface area contributed by atoms with Crippen LogP contribution in [0.2, 0.25) is 0 Å². The molecule has 0 aliphatic rings. The quantitative estimate of drug-likeness (QED) is 0.547. The van der Waals surface area contributed by atoms with Gasteiger partial charge in [-0.3, -0.25) is 0 Å². The van der Waals surface area contributed by atoms with Crippen LogP contribution in [0, 0.1) is 18.3 Å². The van der Waals surface area contributed by atoms with Crippen LogP contribution < -0.4 is 0 Å². The van der Waals surface area contributed by atoms with Crippen LogP contribution >= 0.6 is 0 Å². The second kappa shape index (κ2) is 6.50. The monoisotopic (exact) mass is 223 g/mol. The highest BCUT2D eigenvalue weighted by molar-refractivity contribution is 5.64. The molecule has 0 amide bonds. The minimum atomic E-state index is 0.623. The Morgan fingerprint density at radius 1 is 1.41 bits per heavy atom. The normalized spacial score (nSPS) is 12.1. The zero-order valence-corrected chi connectivity index (χ0v) is 10.4. The van der Waals surface area contributed by atoms with Crippen molar-refractivity contribution < 1.29 is 0 Å². The molecule has 0 bridgehead atoms. The molecule has 1 nitrogen and oxygen atoms in total. The minimum absolute atomic E-state index is 0.623. The van der Waals surface area contributed by atoms with Gasteiger partial charge >= 0.3 is 0 Å². The molecular weight excluding hydrogens is 206 g/mol.